The standard InChI is InChI=1S/C17H16F2N2O5/c1-24-13-5-3-4-12(14(13)26-16(18)19)15(22)20-10-6-8-11(9-7-10)21-17(23)25-2/h3-9,16H,1-2H3,(H,20,22)(H,21,23). The van der Waals surface area contributed by atoms with E-state index in [1.165, 1.54) is 56.7 Å². The summed E-state index contributed by atoms with van der Waals surface area (Å²) < 4.78 is 39.1. The first-order valence-electron chi connectivity index (χ1n) is 7.32. The highest BCUT2D eigenvalue weighted by atomic mass is 19.3. The minimum absolute atomic E-state index is 0.00979. The van der Waals surface area contributed by atoms with Crippen molar-refractivity contribution >= 4 is 23.4 Å². The summed E-state index contributed by atoms with van der Waals surface area (Å²) in [4.78, 5) is 23.5. The molecule has 7 nitrogen and oxygen atoms in total. The molecule has 0 aliphatic carbocycles. The maximum Gasteiger partial charge on any atom is 0.411 e. The third-order valence-electron chi connectivity index (χ3n) is 3.22. The minimum atomic E-state index is -3.11. The fourth-order valence-corrected chi connectivity index (χ4v) is 2.07. The zero-order chi connectivity index (χ0) is 19.1. The molecule has 0 bridgehead atoms. The third kappa shape index (κ3) is 4.82. The number of ether oxygens (including phenoxy) is 3. The van der Waals surface area contributed by atoms with Crippen LogP contribution in [0.15, 0.2) is 42.5 Å². The molecule has 2 amide bonds. The number of methoxy groups -OCH3 is 2. The highest BCUT2D eigenvalue weighted by Gasteiger charge is 2.20. The number of carbonyl (C=O) groups excluding carboxylic acids is 2. The molecule has 0 unspecified atom stereocenters. The molecular formula is C17H16F2N2O5. The Kier molecular flexibility index (Phi) is 6.31. The molecule has 26 heavy (non-hydrogen) atoms. The molecule has 2 aromatic rings. The molecule has 2 rings (SSSR count). The van der Waals surface area contributed by atoms with E-state index < -0.39 is 18.6 Å². The van der Waals surface area contributed by atoms with Crippen molar-refractivity contribution < 1.29 is 32.6 Å². The Morgan fingerprint density at radius 1 is 0.962 bits per heavy atom. The normalized spacial score (nSPS) is 10.2. The van der Waals surface area contributed by atoms with Crippen LogP contribution in [0.2, 0.25) is 0 Å². The number of rotatable bonds is 6. The summed E-state index contributed by atoms with van der Waals surface area (Å²) in [5, 5.41) is 5.01. The summed E-state index contributed by atoms with van der Waals surface area (Å²) in [6.07, 6.45) is -0.632. The predicted molar refractivity (Wildman–Crippen MR) is 90.0 cm³/mol. The Labute approximate surface area is 147 Å². The maximum atomic E-state index is 12.6. The Bertz CT molecular complexity index is 781. The monoisotopic (exact) mass is 366 g/mol. The van der Waals surface area contributed by atoms with Crippen LogP contribution >= 0.6 is 0 Å². The van der Waals surface area contributed by atoms with E-state index in [1.54, 1.807) is 0 Å². The first-order chi connectivity index (χ1) is 12.4. The zero-order valence-electron chi connectivity index (χ0n) is 13.9. The van der Waals surface area contributed by atoms with E-state index in [4.69, 9.17) is 4.74 Å². The van der Waals surface area contributed by atoms with E-state index in [0.717, 1.165) is 0 Å². The van der Waals surface area contributed by atoms with E-state index in [1.807, 2.05) is 0 Å². The Morgan fingerprint density at radius 2 is 1.58 bits per heavy atom. The molecule has 0 saturated carbocycles. The molecule has 2 N–H and O–H groups in total. The molecule has 0 spiro atoms. The summed E-state index contributed by atoms with van der Waals surface area (Å²) >= 11 is 0. The Hall–Kier alpha value is -3.36. The van der Waals surface area contributed by atoms with Gasteiger partial charge in [-0.15, -0.1) is 0 Å². The topological polar surface area (TPSA) is 85.9 Å². The summed E-state index contributed by atoms with van der Waals surface area (Å²) in [6.45, 7) is -3.11. The smallest absolute Gasteiger partial charge is 0.411 e. The van der Waals surface area contributed by atoms with Crippen LogP contribution in [-0.2, 0) is 4.74 Å². The SMILES string of the molecule is COC(=O)Nc1ccc(NC(=O)c2cccc(OC)c2OC(F)F)cc1. The number of hydrogen-bond acceptors (Lipinski definition) is 5. The van der Waals surface area contributed by atoms with Gasteiger partial charge < -0.3 is 19.5 Å². The van der Waals surface area contributed by atoms with E-state index in [-0.39, 0.29) is 17.1 Å². The Morgan fingerprint density at radius 3 is 2.12 bits per heavy atom. The lowest BCUT2D eigenvalue weighted by atomic mass is 10.1. The van der Waals surface area contributed by atoms with Crippen molar-refractivity contribution in [2.45, 2.75) is 6.61 Å². The Balaban J connectivity index is 2.18. The van der Waals surface area contributed by atoms with Crippen molar-refractivity contribution in [1.82, 2.24) is 0 Å². The van der Waals surface area contributed by atoms with Crippen molar-refractivity contribution in [1.29, 1.82) is 0 Å². The van der Waals surface area contributed by atoms with E-state index in [2.05, 4.69) is 20.1 Å². The molecule has 138 valence electrons. The van der Waals surface area contributed by atoms with Crippen molar-refractivity contribution in [2.24, 2.45) is 0 Å². The second kappa shape index (κ2) is 8.65. The molecule has 0 atom stereocenters. The molecule has 0 saturated heterocycles. The highest BCUT2D eigenvalue weighted by molar-refractivity contribution is 6.06. The van der Waals surface area contributed by atoms with Crippen LogP contribution in [0.25, 0.3) is 0 Å². The molecule has 0 aliphatic rings. The lowest BCUT2D eigenvalue weighted by molar-refractivity contribution is -0.0515. The quantitative estimate of drug-likeness (QED) is 0.814. The van der Waals surface area contributed by atoms with Crippen molar-refractivity contribution in [2.75, 3.05) is 24.9 Å². The van der Waals surface area contributed by atoms with Gasteiger partial charge in [-0.25, -0.2) is 4.79 Å². The molecule has 0 aromatic heterocycles. The second-order valence-corrected chi connectivity index (χ2v) is 4.86. The van der Waals surface area contributed by atoms with Gasteiger partial charge in [-0.1, -0.05) is 6.07 Å². The summed E-state index contributed by atoms with van der Waals surface area (Å²) in [5.41, 5.74) is 0.732. The minimum Gasteiger partial charge on any atom is -0.493 e. The van der Waals surface area contributed by atoms with Crippen LogP contribution in [0.4, 0.5) is 25.0 Å². The van der Waals surface area contributed by atoms with Gasteiger partial charge >= 0.3 is 12.7 Å². The highest BCUT2D eigenvalue weighted by Crippen LogP contribution is 2.33. The van der Waals surface area contributed by atoms with E-state index >= 15 is 0 Å². The molecule has 9 heteroatoms. The van der Waals surface area contributed by atoms with Crippen LogP contribution in [0.3, 0.4) is 0 Å². The molecule has 0 radical (unpaired) electrons. The van der Waals surface area contributed by atoms with Crippen LogP contribution in [0.5, 0.6) is 11.5 Å². The number of benzene rings is 2. The van der Waals surface area contributed by atoms with Crippen LogP contribution in [0, 0.1) is 0 Å². The van der Waals surface area contributed by atoms with Gasteiger partial charge in [0.2, 0.25) is 0 Å². The third-order valence-corrected chi connectivity index (χ3v) is 3.22. The fraction of sp³-hybridized carbons (Fsp3) is 0.176. The number of carbonyl (C=O) groups is 2. The number of halogens is 2. The summed E-state index contributed by atoms with van der Waals surface area (Å²) in [5.74, 6) is -1.00. The van der Waals surface area contributed by atoms with Crippen molar-refractivity contribution in [3.05, 3.63) is 48.0 Å². The van der Waals surface area contributed by atoms with Crippen LogP contribution in [-0.4, -0.2) is 32.8 Å². The summed E-state index contributed by atoms with van der Waals surface area (Å²) in [7, 11) is 2.51. The van der Waals surface area contributed by atoms with E-state index in [0.29, 0.717) is 11.4 Å². The number of anilines is 2. The number of para-hydroxylation sites is 1. The largest absolute Gasteiger partial charge is 0.493 e. The fourth-order valence-electron chi connectivity index (χ4n) is 2.07. The lowest BCUT2D eigenvalue weighted by Crippen LogP contribution is -2.16. The number of hydrogen-bond donors (Lipinski definition) is 2. The van der Waals surface area contributed by atoms with Gasteiger partial charge in [-0.05, 0) is 36.4 Å². The zero-order valence-corrected chi connectivity index (χ0v) is 13.9. The van der Waals surface area contributed by atoms with Gasteiger partial charge in [0, 0.05) is 11.4 Å². The van der Waals surface area contributed by atoms with Crippen LogP contribution in [0.1, 0.15) is 10.4 Å². The van der Waals surface area contributed by atoms with Gasteiger partial charge in [0.1, 0.15) is 0 Å². The molecule has 0 heterocycles. The van der Waals surface area contributed by atoms with Crippen molar-refractivity contribution in [3.8, 4) is 11.5 Å². The maximum absolute atomic E-state index is 12.6. The number of alkyl halides is 2. The summed E-state index contributed by atoms with van der Waals surface area (Å²) in [6, 6.07) is 10.3. The lowest BCUT2D eigenvalue weighted by Gasteiger charge is -2.14. The van der Waals surface area contributed by atoms with Crippen LogP contribution < -0.4 is 20.1 Å². The first kappa shape index (κ1) is 19.0. The van der Waals surface area contributed by atoms with Crippen molar-refractivity contribution in [3.63, 3.8) is 0 Å². The van der Waals surface area contributed by atoms with E-state index in [9.17, 15) is 18.4 Å². The second-order valence-electron chi connectivity index (χ2n) is 4.86. The molecule has 0 aliphatic heterocycles. The first-order valence-corrected chi connectivity index (χ1v) is 7.32. The number of nitrogens with one attached hydrogen (secondary N) is 2. The van der Waals surface area contributed by atoms with Gasteiger partial charge in [-0.3, -0.25) is 10.1 Å². The average molecular weight is 366 g/mol. The predicted octanol–water partition coefficient (Wildman–Crippen LogP) is 3.73. The molecule has 0 fully saturated rings. The molecule has 2 aromatic carbocycles. The average Bonchev–Trinajstić information content (AvgIpc) is 2.62. The van der Waals surface area contributed by atoms with Gasteiger partial charge in [-0.2, -0.15) is 8.78 Å². The van der Waals surface area contributed by atoms with Gasteiger partial charge in [0.05, 0.1) is 19.8 Å². The van der Waals surface area contributed by atoms with Gasteiger partial charge in [0.15, 0.2) is 11.5 Å². The molecular weight excluding hydrogens is 350 g/mol. The van der Waals surface area contributed by atoms with Gasteiger partial charge in [0.25, 0.3) is 5.91 Å². The number of amides is 2.